The second-order valence-corrected chi connectivity index (χ2v) is 6.86. The smallest absolute Gasteiger partial charge is 0.0191 e. The van der Waals surface area contributed by atoms with Gasteiger partial charge in [-0.2, -0.15) is 0 Å². The first-order valence-electron chi connectivity index (χ1n) is 7.92. The van der Waals surface area contributed by atoms with Crippen molar-refractivity contribution in [3.05, 3.63) is 0 Å². The fourth-order valence-corrected chi connectivity index (χ4v) is 4.47. The van der Waals surface area contributed by atoms with Gasteiger partial charge in [-0.15, -0.1) is 0 Å². The Balaban J connectivity index is 1.43. The highest BCUT2D eigenvalue weighted by Crippen LogP contribution is 2.48. The van der Waals surface area contributed by atoms with Crippen LogP contribution in [0.15, 0.2) is 0 Å². The van der Waals surface area contributed by atoms with Crippen molar-refractivity contribution in [3.63, 3.8) is 0 Å². The number of hydrogen-bond donors (Lipinski definition) is 1. The largest absolute Gasteiger partial charge is 0.329 e. The molecule has 2 aliphatic carbocycles. The Morgan fingerprint density at radius 1 is 1.11 bits per heavy atom. The molecule has 2 bridgehead atoms. The van der Waals surface area contributed by atoms with Gasteiger partial charge in [-0.25, -0.2) is 0 Å². The number of hydrogen-bond acceptors (Lipinski definition) is 3. The topological polar surface area (TPSA) is 32.5 Å². The van der Waals surface area contributed by atoms with Gasteiger partial charge in [0, 0.05) is 45.3 Å². The van der Waals surface area contributed by atoms with Crippen molar-refractivity contribution < 1.29 is 0 Å². The molecule has 0 aromatic heterocycles. The number of piperazine rings is 1. The van der Waals surface area contributed by atoms with Crippen LogP contribution in [0.5, 0.6) is 0 Å². The predicted molar refractivity (Wildman–Crippen MR) is 75.5 cm³/mol. The molecule has 3 aliphatic rings. The van der Waals surface area contributed by atoms with E-state index in [4.69, 9.17) is 5.73 Å². The average molecular weight is 251 g/mol. The molecule has 1 saturated heterocycles. The molecule has 3 heteroatoms. The summed E-state index contributed by atoms with van der Waals surface area (Å²) in [5.74, 6) is 3.21. The molecule has 0 aromatic carbocycles. The van der Waals surface area contributed by atoms with Crippen molar-refractivity contribution in [3.8, 4) is 0 Å². The number of rotatable bonds is 4. The Labute approximate surface area is 112 Å². The van der Waals surface area contributed by atoms with Crippen molar-refractivity contribution in [2.75, 3.05) is 39.3 Å². The Bertz CT molecular complexity index is 273. The van der Waals surface area contributed by atoms with Gasteiger partial charge in [0.1, 0.15) is 0 Å². The van der Waals surface area contributed by atoms with Crippen molar-refractivity contribution in [1.29, 1.82) is 0 Å². The highest BCUT2D eigenvalue weighted by atomic mass is 15.3. The van der Waals surface area contributed by atoms with Gasteiger partial charge >= 0.3 is 0 Å². The number of nitrogens with two attached hydrogens (primary N) is 1. The molecular formula is C15H29N3. The molecule has 0 radical (unpaired) electrons. The fourth-order valence-electron chi connectivity index (χ4n) is 4.47. The lowest BCUT2D eigenvalue weighted by Crippen LogP contribution is -2.52. The van der Waals surface area contributed by atoms with E-state index in [1.54, 1.807) is 6.42 Å². The third-order valence-electron chi connectivity index (χ3n) is 5.75. The van der Waals surface area contributed by atoms with Crippen molar-refractivity contribution in [1.82, 2.24) is 9.80 Å². The molecule has 4 unspecified atom stereocenters. The second-order valence-electron chi connectivity index (χ2n) is 6.86. The van der Waals surface area contributed by atoms with Gasteiger partial charge < -0.3 is 10.6 Å². The van der Waals surface area contributed by atoms with Crippen LogP contribution >= 0.6 is 0 Å². The van der Waals surface area contributed by atoms with E-state index in [2.05, 4.69) is 16.7 Å². The molecule has 3 fully saturated rings. The zero-order valence-corrected chi connectivity index (χ0v) is 11.9. The summed E-state index contributed by atoms with van der Waals surface area (Å²) in [7, 11) is 0. The first-order chi connectivity index (χ1) is 8.76. The fraction of sp³-hybridized carbons (Fsp3) is 1.00. The van der Waals surface area contributed by atoms with E-state index in [0.29, 0.717) is 6.04 Å². The summed E-state index contributed by atoms with van der Waals surface area (Å²) in [5.41, 5.74) is 5.76. The van der Waals surface area contributed by atoms with Crippen LogP contribution in [0.25, 0.3) is 0 Å². The standard InChI is InChI=1S/C15H29N3/c1-12(10-16)18-6-4-17(5-7-18)11-15-9-13-2-3-14(15)8-13/h12-15H,2-11,16H2,1H3. The molecule has 4 atom stereocenters. The third kappa shape index (κ3) is 2.59. The number of fused-ring (bicyclic) bond motifs is 2. The normalized spacial score (nSPS) is 39.3. The van der Waals surface area contributed by atoms with Crippen LogP contribution < -0.4 is 5.73 Å². The molecule has 2 saturated carbocycles. The van der Waals surface area contributed by atoms with Crippen LogP contribution in [0.2, 0.25) is 0 Å². The van der Waals surface area contributed by atoms with Crippen molar-refractivity contribution >= 4 is 0 Å². The van der Waals surface area contributed by atoms with Gasteiger partial charge in [0.2, 0.25) is 0 Å². The molecule has 0 spiro atoms. The summed E-state index contributed by atoms with van der Waals surface area (Å²) < 4.78 is 0. The zero-order chi connectivity index (χ0) is 12.5. The molecule has 3 nitrogen and oxygen atoms in total. The van der Waals surface area contributed by atoms with Gasteiger partial charge in [-0.05, 0) is 43.9 Å². The van der Waals surface area contributed by atoms with Crippen LogP contribution in [-0.4, -0.2) is 55.1 Å². The quantitative estimate of drug-likeness (QED) is 0.819. The molecule has 18 heavy (non-hydrogen) atoms. The van der Waals surface area contributed by atoms with Crippen LogP contribution in [0.3, 0.4) is 0 Å². The SMILES string of the molecule is CC(CN)N1CCN(CC2CC3CCC2C3)CC1. The van der Waals surface area contributed by atoms with E-state index in [-0.39, 0.29) is 0 Å². The number of nitrogens with zero attached hydrogens (tertiary/aromatic N) is 2. The van der Waals surface area contributed by atoms with E-state index in [9.17, 15) is 0 Å². The lowest BCUT2D eigenvalue weighted by Gasteiger charge is -2.39. The molecular weight excluding hydrogens is 222 g/mol. The summed E-state index contributed by atoms with van der Waals surface area (Å²) in [5, 5.41) is 0. The van der Waals surface area contributed by atoms with Crippen LogP contribution in [0, 0.1) is 17.8 Å². The summed E-state index contributed by atoms with van der Waals surface area (Å²) in [4.78, 5) is 5.27. The minimum atomic E-state index is 0.564. The molecule has 3 rings (SSSR count). The van der Waals surface area contributed by atoms with Gasteiger partial charge in [0.05, 0.1) is 0 Å². The van der Waals surface area contributed by atoms with Crippen molar-refractivity contribution in [2.24, 2.45) is 23.5 Å². The monoisotopic (exact) mass is 251 g/mol. The Hall–Kier alpha value is -0.120. The molecule has 0 amide bonds. The lowest BCUT2D eigenvalue weighted by molar-refractivity contribution is 0.0852. The maximum Gasteiger partial charge on any atom is 0.0191 e. The highest BCUT2D eigenvalue weighted by molar-refractivity contribution is 4.92. The minimum Gasteiger partial charge on any atom is -0.329 e. The van der Waals surface area contributed by atoms with Gasteiger partial charge in [-0.1, -0.05) is 6.42 Å². The summed E-state index contributed by atoms with van der Waals surface area (Å²) in [6.45, 7) is 9.40. The molecule has 0 aromatic rings. The van der Waals surface area contributed by atoms with E-state index < -0.39 is 0 Å². The van der Waals surface area contributed by atoms with E-state index >= 15 is 0 Å². The summed E-state index contributed by atoms with van der Waals surface area (Å²) in [6, 6.07) is 0.564. The highest BCUT2D eigenvalue weighted by Gasteiger charge is 2.40. The minimum absolute atomic E-state index is 0.564. The predicted octanol–water partition coefficient (Wildman–Crippen LogP) is 1.39. The average Bonchev–Trinajstić information content (AvgIpc) is 3.01. The van der Waals surface area contributed by atoms with Crippen LogP contribution in [-0.2, 0) is 0 Å². The molecule has 1 heterocycles. The molecule has 104 valence electrons. The van der Waals surface area contributed by atoms with Gasteiger partial charge in [0.15, 0.2) is 0 Å². The first kappa shape index (κ1) is 12.9. The van der Waals surface area contributed by atoms with Gasteiger partial charge in [-0.3, -0.25) is 4.90 Å². The molecule has 1 aliphatic heterocycles. The lowest BCUT2D eigenvalue weighted by atomic mass is 9.88. The Morgan fingerprint density at radius 3 is 2.44 bits per heavy atom. The van der Waals surface area contributed by atoms with E-state index in [0.717, 1.165) is 24.3 Å². The Kier molecular flexibility index (Phi) is 3.92. The van der Waals surface area contributed by atoms with E-state index in [1.807, 2.05) is 0 Å². The maximum absolute atomic E-state index is 5.76. The maximum atomic E-state index is 5.76. The van der Waals surface area contributed by atoms with Crippen LogP contribution in [0.4, 0.5) is 0 Å². The zero-order valence-electron chi connectivity index (χ0n) is 11.9. The van der Waals surface area contributed by atoms with Crippen molar-refractivity contribution in [2.45, 2.75) is 38.6 Å². The van der Waals surface area contributed by atoms with Gasteiger partial charge in [0.25, 0.3) is 0 Å². The third-order valence-corrected chi connectivity index (χ3v) is 5.75. The Morgan fingerprint density at radius 2 is 1.89 bits per heavy atom. The van der Waals surface area contributed by atoms with E-state index in [1.165, 1.54) is 52.0 Å². The first-order valence-corrected chi connectivity index (χ1v) is 7.92. The second kappa shape index (κ2) is 5.48. The summed E-state index contributed by atoms with van der Waals surface area (Å²) in [6.07, 6.45) is 6.14. The summed E-state index contributed by atoms with van der Waals surface area (Å²) >= 11 is 0. The molecule has 2 N–H and O–H groups in total. The van der Waals surface area contributed by atoms with Crippen LogP contribution in [0.1, 0.15) is 32.6 Å².